The summed E-state index contributed by atoms with van der Waals surface area (Å²) in [6.07, 6.45) is 0.329. The molecule has 1 aromatic carbocycles. The molecular weight excluding hydrogens is 216 g/mol. The molecule has 0 heterocycles. The van der Waals surface area contributed by atoms with Gasteiger partial charge in [-0.2, -0.15) is 0 Å². The van der Waals surface area contributed by atoms with Gasteiger partial charge in [0.1, 0.15) is 5.75 Å². The van der Waals surface area contributed by atoms with Crippen molar-refractivity contribution in [2.24, 2.45) is 5.73 Å². The molecular formula is C13H20N2O2. The fourth-order valence-corrected chi connectivity index (χ4v) is 1.80. The van der Waals surface area contributed by atoms with Crippen LogP contribution in [0.15, 0.2) is 12.1 Å². The number of methoxy groups -OCH3 is 1. The van der Waals surface area contributed by atoms with Gasteiger partial charge in [-0.15, -0.1) is 0 Å². The van der Waals surface area contributed by atoms with Crippen molar-refractivity contribution >= 4 is 5.91 Å². The second-order valence-corrected chi connectivity index (χ2v) is 4.08. The van der Waals surface area contributed by atoms with E-state index in [-0.39, 0.29) is 5.91 Å². The van der Waals surface area contributed by atoms with E-state index in [0.29, 0.717) is 19.5 Å². The third-order valence-electron chi connectivity index (χ3n) is 2.60. The lowest BCUT2D eigenvalue weighted by Crippen LogP contribution is -2.30. The van der Waals surface area contributed by atoms with Crippen LogP contribution in [-0.2, 0) is 11.2 Å². The van der Waals surface area contributed by atoms with Crippen LogP contribution < -0.4 is 15.8 Å². The van der Waals surface area contributed by atoms with E-state index in [2.05, 4.69) is 5.32 Å². The molecule has 1 aromatic rings. The van der Waals surface area contributed by atoms with Crippen molar-refractivity contribution in [1.82, 2.24) is 5.32 Å². The van der Waals surface area contributed by atoms with Crippen LogP contribution >= 0.6 is 0 Å². The second kappa shape index (κ2) is 6.25. The zero-order valence-corrected chi connectivity index (χ0v) is 10.7. The van der Waals surface area contributed by atoms with Crippen molar-refractivity contribution in [1.29, 1.82) is 0 Å². The van der Waals surface area contributed by atoms with Crippen molar-refractivity contribution in [2.75, 3.05) is 20.2 Å². The maximum absolute atomic E-state index is 11.7. The largest absolute Gasteiger partial charge is 0.496 e. The Kier molecular flexibility index (Phi) is 4.97. The standard InChI is InChI=1S/C13H20N2O2/c1-9-6-10(2)11(12(7-9)17-3)8-13(16)15-5-4-14/h6-7H,4-5,8,14H2,1-3H3,(H,15,16). The monoisotopic (exact) mass is 236 g/mol. The van der Waals surface area contributed by atoms with E-state index in [9.17, 15) is 4.79 Å². The molecule has 1 amide bonds. The Morgan fingerprint density at radius 2 is 2.12 bits per heavy atom. The molecule has 94 valence electrons. The average Bonchev–Trinajstić information content (AvgIpc) is 2.29. The minimum absolute atomic E-state index is 0.0271. The van der Waals surface area contributed by atoms with Crippen LogP contribution in [0.1, 0.15) is 16.7 Å². The van der Waals surface area contributed by atoms with Gasteiger partial charge in [-0.3, -0.25) is 4.79 Å². The number of carbonyl (C=O) groups is 1. The van der Waals surface area contributed by atoms with Gasteiger partial charge >= 0.3 is 0 Å². The zero-order valence-electron chi connectivity index (χ0n) is 10.7. The highest BCUT2D eigenvalue weighted by atomic mass is 16.5. The van der Waals surface area contributed by atoms with E-state index < -0.39 is 0 Å². The molecule has 0 unspecified atom stereocenters. The fourth-order valence-electron chi connectivity index (χ4n) is 1.80. The van der Waals surface area contributed by atoms with E-state index >= 15 is 0 Å². The van der Waals surface area contributed by atoms with E-state index in [1.807, 2.05) is 26.0 Å². The molecule has 0 radical (unpaired) electrons. The van der Waals surface area contributed by atoms with Crippen LogP contribution in [0.5, 0.6) is 5.75 Å². The van der Waals surface area contributed by atoms with E-state index in [0.717, 1.165) is 22.4 Å². The number of hydrogen-bond donors (Lipinski definition) is 2. The average molecular weight is 236 g/mol. The summed E-state index contributed by atoms with van der Waals surface area (Å²) >= 11 is 0. The van der Waals surface area contributed by atoms with Crippen molar-refractivity contribution in [3.05, 3.63) is 28.8 Å². The number of carbonyl (C=O) groups excluding carboxylic acids is 1. The molecule has 4 heteroatoms. The molecule has 0 bridgehead atoms. The lowest BCUT2D eigenvalue weighted by atomic mass is 10.0. The van der Waals surface area contributed by atoms with E-state index in [1.54, 1.807) is 7.11 Å². The van der Waals surface area contributed by atoms with Gasteiger partial charge in [-0.1, -0.05) is 6.07 Å². The van der Waals surface area contributed by atoms with Crippen LogP contribution in [0.3, 0.4) is 0 Å². The Morgan fingerprint density at radius 3 is 2.71 bits per heavy atom. The van der Waals surface area contributed by atoms with Gasteiger partial charge in [-0.05, 0) is 31.0 Å². The van der Waals surface area contributed by atoms with Gasteiger partial charge in [0, 0.05) is 18.7 Å². The summed E-state index contributed by atoms with van der Waals surface area (Å²) < 4.78 is 5.31. The van der Waals surface area contributed by atoms with Crippen molar-refractivity contribution in [3.8, 4) is 5.75 Å². The van der Waals surface area contributed by atoms with Gasteiger partial charge < -0.3 is 15.8 Å². The topological polar surface area (TPSA) is 64.3 Å². The van der Waals surface area contributed by atoms with Gasteiger partial charge in [0.2, 0.25) is 5.91 Å². The highest BCUT2D eigenvalue weighted by Crippen LogP contribution is 2.24. The summed E-state index contributed by atoms with van der Waals surface area (Å²) in [5.74, 6) is 0.742. The molecule has 0 aromatic heterocycles. The number of ether oxygens (including phenoxy) is 1. The van der Waals surface area contributed by atoms with E-state index in [4.69, 9.17) is 10.5 Å². The molecule has 0 aliphatic rings. The number of aryl methyl sites for hydroxylation is 2. The predicted molar refractivity (Wildman–Crippen MR) is 68.2 cm³/mol. The molecule has 0 saturated heterocycles. The van der Waals surface area contributed by atoms with Gasteiger partial charge in [-0.25, -0.2) is 0 Å². The molecule has 0 saturated carbocycles. The predicted octanol–water partition coefficient (Wildman–Crippen LogP) is 0.929. The van der Waals surface area contributed by atoms with Gasteiger partial charge in [0.05, 0.1) is 13.5 Å². The lowest BCUT2D eigenvalue weighted by molar-refractivity contribution is -0.120. The Bertz CT molecular complexity index is 403. The normalized spacial score (nSPS) is 10.1. The molecule has 4 nitrogen and oxygen atoms in total. The van der Waals surface area contributed by atoms with Crippen LogP contribution in [0.25, 0.3) is 0 Å². The first kappa shape index (κ1) is 13.5. The number of hydrogen-bond acceptors (Lipinski definition) is 3. The molecule has 0 atom stereocenters. The van der Waals surface area contributed by atoms with Crippen LogP contribution in [0.2, 0.25) is 0 Å². The number of benzene rings is 1. The maximum Gasteiger partial charge on any atom is 0.224 e. The van der Waals surface area contributed by atoms with Gasteiger partial charge in [0.15, 0.2) is 0 Å². The van der Waals surface area contributed by atoms with Crippen LogP contribution in [0, 0.1) is 13.8 Å². The van der Waals surface area contributed by atoms with Gasteiger partial charge in [0.25, 0.3) is 0 Å². The SMILES string of the molecule is COc1cc(C)cc(C)c1CC(=O)NCCN. The quantitative estimate of drug-likeness (QED) is 0.799. The zero-order chi connectivity index (χ0) is 12.8. The molecule has 0 spiro atoms. The molecule has 17 heavy (non-hydrogen) atoms. The van der Waals surface area contributed by atoms with Crippen molar-refractivity contribution < 1.29 is 9.53 Å². The summed E-state index contributed by atoms with van der Waals surface area (Å²) in [5.41, 5.74) is 8.48. The summed E-state index contributed by atoms with van der Waals surface area (Å²) in [7, 11) is 1.62. The van der Waals surface area contributed by atoms with E-state index in [1.165, 1.54) is 0 Å². The first-order valence-corrected chi connectivity index (χ1v) is 5.69. The maximum atomic E-state index is 11.7. The Hall–Kier alpha value is -1.55. The second-order valence-electron chi connectivity index (χ2n) is 4.08. The Labute approximate surface area is 102 Å². The molecule has 0 fully saturated rings. The molecule has 1 rings (SSSR count). The number of rotatable bonds is 5. The highest BCUT2D eigenvalue weighted by molar-refractivity contribution is 5.79. The van der Waals surface area contributed by atoms with Crippen molar-refractivity contribution in [2.45, 2.75) is 20.3 Å². The third kappa shape index (κ3) is 3.75. The summed E-state index contributed by atoms with van der Waals surface area (Å²) in [5, 5.41) is 2.75. The first-order chi connectivity index (χ1) is 8.08. The minimum atomic E-state index is -0.0271. The van der Waals surface area contributed by atoms with Crippen LogP contribution in [0.4, 0.5) is 0 Å². The smallest absolute Gasteiger partial charge is 0.224 e. The fraction of sp³-hybridized carbons (Fsp3) is 0.462. The number of nitrogens with two attached hydrogens (primary N) is 1. The third-order valence-corrected chi connectivity index (χ3v) is 2.60. The number of amides is 1. The Balaban J connectivity index is 2.86. The summed E-state index contributed by atoms with van der Waals surface area (Å²) in [4.78, 5) is 11.7. The van der Waals surface area contributed by atoms with Crippen molar-refractivity contribution in [3.63, 3.8) is 0 Å². The molecule has 0 aliphatic heterocycles. The Morgan fingerprint density at radius 1 is 1.41 bits per heavy atom. The molecule has 0 aliphatic carbocycles. The lowest BCUT2D eigenvalue weighted by Gasteiger charge is -2.13. The summed E-state index contributed by atoms with van der Waals surface area (Å²) in [6, 6.07) is 3.99. The summed E-state index contributed by atoms with van der Waals surface area (Å²) in [6.45, 7) is 4.96. The minimum Gasteiger partial charge on any atom is -0.496 e. The first-order valence-electron chi connectivity index (χ1n) is 5.69. The van der Waals surface area contributed by atoms with Crippen LogP contribution in [-0.4, -0.2) is 26.1 Å². The molecule has 3 N–H and O–H groups in total. The highest BCUT2D eigenvalue weighted by Gasteiger charge is 2.11. The number of nitrogens with one attached hydrogen (secondary N) is 1.